The van der Waals surface area contributed by atoms with Gasteiger partial charge in [0.1, 0.15) is 11.8 Å². The van der Waals surface area contributed by atoms with Gasteiger partial charge in [-0.15, -0.1) is 0 Å². The van der Waals surface area contributed by atoms with Crippen molar-refractivity contribution in [3.05, 3.63) is 66.5 Å². The Morgan fingerprint density at radius 3 is 2.27 bits per heavy atom. The van der Waals surface area contributed by atoms with Crippen molar-refractivity contribution in [3.8, 4) is 28.3 Å². The van der Waals surface area contributed by atoms with E-state index in [1.807, 2.05) is 54.6 Å². The molecule has 0 atom stereocenters. The number of nitrogen functional groups attached to an aromatic ring is 1. The Balaban J connectivity index is 1.42. The molecule has 5 nitrogen and oxygen atoms in total. The van der Waals surface area contributed by atoms with Gasteiger partial charge in [0.2, 0.25) is 0 Å². The van der Waals surface area contributed by atoms with Crippen LogP contribution in [0.25, 0.3) is 33.4 Å². The van der Waals surface area contributed by atoms with E-state index in [9.17, 15) is 4.39 Å². The van der Waals surface area contributed by atoms with Crippen molar-refractivity contribution in [2.24, 2.45) is 0 Å². The Bertz CT molecular complexity index is 1160. The maximum atomic E-state index is 14.8. The summed E-state index contributed by atoms with van der Waals surface area (Å²) in [4.78, 5) is 7.67. The monoisotopic (exact) mass is 403 g/mol. The molecule has 2 aromatic heterocycles. The molecule has 0 saturated carbocycles. The van der Waals surface area contributed by atoms with Crippen molar-refractivity contribution in [1.82, 2.24) is 9.97 Å². The van der Waals surface area contributed by atoms with Crippen molar-refractivity contribution >= 4 is 16.7 Å². The number of hydrogen-bond donors (Lipinski definition) is 2. The van der Waals surface area contributed by atoms with Crippen LogP contribution in [-0.2, 0) is 4.74 Å². The molecule has 30 heavy (non-hydrogen) atoms. The first kappa shape index (κ1) is 18.6. The van der Waals surface area contributed by atoms with Gasteiger partial charge in [0.15, 0.2) is 11.7 Å². The van der Waals surface area contributed by atoms with Crippen LogP contribution in [-0.4, -0.2) is 29.3 Å². The second-order valence-electron chi connectivity index (χ2n) is 7.51. The lowest BCUT2D eigenvalue weighted by molar-refractivity contribution is 0.0240. The van der Waals surface area contributed by atoms with Crippen LogP contribution in [0, 0.1) is 5.82 Å². The van der Waals surface area contributed by atoms with E-state index in [-0.39, 0.29) is 11.9 Å². The summed E-state index contributed by atoms with van der Waals surface area (Å²) < 4.78 is 26.1. The highest BCUT2D eigenvalue weighted by Crippen LogP contribution is 2.29. The second kappa shape index (κ2) is 7.80. The number of rotatable bonds is 4. The molecule has 0 bridgehead atoms. The van der Waals surface area contributed by atoms with Crippen molar-refractivity contribution < 1.29 is 13.9 Å². The summed E-state index contributed by atoms with van der Waals surface area (Å²) in [5.41, 5.74) is 10.9. The Morgan fingerprint density at radius 2 is 1.57 bits per heavy atom. The number of anilines is 1. The third kappa shape index (κ3) is 3.74. The zero-order valence-corrected chi connectivity index (χ0v) is 16.4. The summed E-state index contributed by atoms with van der Waals surface area (Å²) in [7, 11) is 0. The molecule has 4 aromatic rings. The van der Waals surface area contributed by atoms with Gasteiger partial charge in [0.25, 0.3) is 0 Å². The molecule has 1 saturated heterocycles. The minimum Gasteiger partial charge on any atom is -0.475 e. The minimum absolute atomic E-state index is 0.108. The lowest BCUT2D eigenvalue weighted by Gasteiger charge is -2.22. The lowest BCUT2D eigenvalue weighted by atomic mass is 10.0. The molecule has 0 amide bonds. The van der Waals surface area contributed by atoms with Crippen LogP contribution in [0.1, 0.15) is 12.8 Å². The Morgan fingerprint density at radius 1 is 0.933 bits per heavy atom. The van der Waals surface area contributed by atoms with Crippen molar-refractivity contribution in [2.75, 3.05) is 18.9 Å². The molecular weight excluding hydrogens is 381 g/mol. The van der Waals surface area contributed by atoms with Gasteiger partial charge in [0, 0.05) is 36.2 Å². The quantitative estimate of drug-likeness (QED) is 0.461. The number of nitrogens with one attached hydrogen (secondary N) is 1. The van der Waals surface area contributed by atoms with Crippen molar-refractivity contribution in [2.45, 2.75) is 18.9 Å². The average Bonchev–Trinajstić information content (AvgIpc) is 3.15. The number of aromatic amines is 1. The first-order valence-corrected chi connectivity index (χ1v) is 10.1. The zero-order valence-electron chi connectivity index (χ0n) is 16.4. The van der Waals surface area contributed by atoms with E-state index >= 15 is 0 Å². The second-order valence-corrected chi connectivity index (χ2v) is 7.51. The maximum absolute atomic E-state index is 14.8. The van der Waals surface area contributed by atoms with Gasteiger partial charge in [-0.1, -0.05) is 36.4 Å². The number of aromatic nitrogens is 2. The summed E-state index contributed by atoms with van der Waals surface area (Å²) in [5, 5.41) is 0. The molecule has 5 rings (SSSR count). The largest absolute Gasteiger partial charge is 0.475 e. The SMILES string of the molecule is Nc1ccc(-c2ccc(-c3nc4cc(OC5CCOCC5)[nH]c4cc3F)cc2)cc1. The minimum atomic E-state index is -0.373. The normalized spacial score (nSPS) is 14.8. The molecule has 0 radical (unpaired) electrons. The number of nitrogens with two attached hydrogens (primary N) is 1. The molecular formula is C24H22FN3O2. The van der Waals surface area contributed by atoms with Crippen LogP contribution < -0.4 is 10.5 Å². The summed E-state index contributed by atoms with van der Waals surface area (Å²) in [5.74, 6) is 0.238. The van der Waals surface area contributed by atoms with Gasteiger partial charge >= 0.3 is 0 Å². The molecule has 1 aliphatic heterocycles. The fourth-order valence-electron chi connectivity index (χ4n) is 3.74. The van der Waals surface area contributed by atoms with Crippen LogP contribution in [0.15, 0.2) is 60.7 Å². The number of H-pyrrole nitrogens is 1. The molecule has 3 heterocycles. The molecule has 1 aliphatic rings. The van der Waals surface area contributed by atoms with E-state index < -0.39 is 0 Å². The van der Waals surface area contributed by atoms with Gasteiger partial charge in [-0.3, -0.25) is 0 Å². The first-order chi connectivity index (χ1) is 14.7. The standard InChI is InChI=1S/C24H22FN3O2/c25-20-13-21-22(14-23(27-21)30-19-9-11-29-12-10-19)28-24(20)17-3-1-15(2-4-17)16-5-7-18(26)8-6-16/h1-8,13-14,19,27H,9-12,26H2. The third-order valence-electron chi connectivity index (χ3n) is 5.40. The number of ether oxygens (including phenoxy) is 2. The fraction of sp³-hybridized carbons (Fsp3) is 0.208. The number of benzene rings is 2. The predicted molar refractivity (Wildman–Crippen MR) is 116 cm³/mol. The number of fused-ring (bicyclic) bond motifs is 1. The lowest BCUT2D eigenvalue weighted by Crippen LogP contribution is -2.25. The molecule has 0 spiro atoms. The summed E-state index contributed by atoms with van der Waals surface area (Å²) in [6.45, 7) is 1.41. The van der Waals surface area contributed by atoms with E-state index in [2.05, 4.69) is 9.97 Å². The predicted octanol–water partition coefficient (Wildman–Crippen LogP) is 5.18. The highest BCUT2D eigenvalue weighted by molar-refractivity contribution is 5.81. The zero-order chi connectivity index (χ0) is 20.5. The Hall–Kier alpha value is -3.38. The van der Waals surface area contributed by atoms with Crippen LogP contribution in [0.5, 0.6) is 5.88 Å². The fourth-order valence-corrected chi connectivity index (χ4v) is 3.74. The van der Waals surface area contributed by atoms with Crippen LogP contribution in [0.3, 0.4) is 0 Å². The molecule has 0 unspecified atom stereocenters. The van der Waals surface area contributed by atoms with E-state index in [0.29, 0.717) is 35.8 Å². The summed E-state index contributed by atoms with van der Waals surface area (Å²) in [6, 6.07) is 18.7. The molecule has 152 valence electrons. The average molecular weight is 403 g/mol. The molecule has 1 fully saturated rings. The molecule has 6 heteroatoms. The molecule has 3 N–H and O–H groups in total. The van der Waals surface area contributed by atoms with E-state index in [1.165, 1.54) is 6.07 Å². The van der Waals surface area contributed by atoms with Crippen molar-refractivity contribution in [3.63, 3.8) is 0 Å². The maximum Gasteiger partial charge on any atom is 0.193 e. The number of hydrogen-bond acceptors (Lipinski definition) is 4. The number of nitrogens with zero attached hydrogens (tertiary/aromatic N) is 1. The Labute approximate surface area is 173 Å². The van der Waals surface area contributed by atoms with E-state index in [1.54, 1.807) is 0 Å². The van der Waals surface area contributed by atoms with Gasteiger partial charge in [-0.2, -0.15) is 0 Å². The van der Waals surface area contributed by atoms with Crippen LogP contribution >= 0.6 is 0 Å². The molecule has 0 aliphatic carbocycles. The number of pyridine rings is 1. The van der Waals surface area contributed by atoms with Gasteiger partial charge in [0.05, 0.1) is 24.2 Å². The van der Waals surface area contributed by atoms with E-state index in [0.717, 1.165) is 35.2 Å². The topological polar surface area (TPSA) is 73.2 Å². The molecule has 2 aromatic carbocycles. The van der Waals surface area contributed by atoms with Crippen molar-refractivity contribution in [1.29, 1.82) is 0 Å². The summed E-state index contributed by atoms with van der Waals surface area (Å²) in [6.07, 6.45) is 1.81. The third-order valence-corrected chi connectivity index (χ3v) is 5.40. The Kier molecular flexibility index (Phi) is 4.85. The van der Waals surface area contributed by atoms with Gasteiger partial charge < -0.3 is 20.2 Å². The van der Waals surface area contributed by atoms with Crippen LogP contribution in [0.4, 0.5) is 10.1 Å². The highest BCUT2D eigenvalue weighted by Gasteiger charge is 2.17. The number of halogens is 1. The first-order valence-electron chi connectivity index (χ1n) is 10.1. The van der Waals surface area contributed by atoms with Crippen LogP contribution in [0.2, 0.25) is 0 Å². The highest BCUT2D eigenvalue weighted by atomic mass is 19.1. The van der Waals surface area contributed by atoms with Gasteiger partial charge in [-0.05, 0) is 23.3 Å². The van der Waals surface area contributed by atoms with E-state index in [4.69, 9.17) is 15.2 Å². The smallest absolute Gasteiger partial charge is 0.193 e. The van der Waals surface area contributed by atoms with Gasteiger partial charge in [-0.25, -0.2) is 9.37 Å². The summed E-state index contributed by atoms with van der Waals surface area (Å²) >= 11 is 0.